The van der Waals surface area contributed by atoms with Gasteiger partial charge in [0, 0.05) is 5.92 Å². The van der Waals surface area contributed by atoms with Crippen LogP contribution in [0.1, 0.15) is 156 Å². The van der Waals surface area contributed by atoms with E-state index in [0.717, 1.165) is 40.9 Å². The number of imide groups is 1. The van der Waals surface area contributed by atoms with Crippen LogP contribution in [0.3, 0.4) is 0 Å². The zero-order chi connectivity index (χ0) is 47.6. The first-order chi connectivity index (χ1) is 31.7. The van der Waals surface area contributed by atoms with Gasteiger partial charge in [-0.1, -0.05) is 188 Å². The lowest BCUT2D eigenvalue weighted by Gasteiger charge is -2.45. The molecule has 0 spiro atoms. The van der Waals surface area contributed by atoms with Crippen LogP contribution in [0.25, 0.3) is 0 Å². The van der Waals surface area contributed by atoms with Crippen molar-refractivity contribution in [2.24, 2.45) is 5.92 Å². The summed E-state index contributed by atoms with van der Waals surface area (Å²) in [6, 6.07) is 29.2. The summed E-state index contributed by atoms with van der Waals surface area (Å²) in [6.45, 7) is 16.1. The van der Waals surface area contributed by atoms with Crippen LogP contribution in [-0.4, -0.2) is 72.1 Å². The third-order valence-electron chi connectivity index (χ3n) is 11.4. The molecule has 0 saturated carbocycles. The highest BCUT2D eigenvalue weighted by molar-refractivity contribution is 5.89. The molecule has 0 aliphatic carbocycles. The molecule has 3 aromatic rings. The molecule has 66 heavy (non-hydrogen) atoms. The van der Waals surface area contributed by atoms with Crippen molar-refractivity contribution in [3.8, 4) is 0 Å². The fraction of sp³-hybridized carbons (Fsp3) is 0.607. The molecule has 1 heterocycles. The highest BCUT2D eigenvalue weighted by atomic mass is 16.7. The Morgan fingerprint density at radius 1 is 0.606 bits per heavy atom. The molecular formula is C56H83NO9. The number of nitrogens with zero attached hydrogens (tertiary/aromatic N) is 1. The third-order valence-corrected chi connectivity index (χ3v) is 11.4. The molecule has 1 fully saturated rings. The molecule has 0 N–H and O–H groups in total. The van der Waals surface area contributed by atoms with E-state index >= 15 is 0 Å². The Morgan fingerprint density at radius 2 is 1.05 bits per heavy atom. The highest BCUT2D eigenvalue weighted by Gasteiger charge is 2.47. The maximum atomic E-state index is 14.0. The van der Waals surface area contributed by atoms with Crippen molar-refractivity contribution in [2.45, 2.75) is 201 Å². The molecule has 0 aromatic heterocycles. The Balaban J connectivity index is 1.55. The molecule has 366 valence electrons. The average molecular weight is 914 g/mol. The van der Waals surface area contributed by atoms with Crippen molar-refractivity contribution in [3.05, 3.63) is 120 Å². The van der Waals surface area contributed by atoms with Crippen molar-refractivity contribution in [1.29, 1.82) is 0 Å². The zero-order valence-corrected chi connectivity index (χ0v) is 41.6. The van der Waals surface area contributed by atoms with Gasteiger partial charge >= 0.3 is 12.2 Å². The second kappa shape index (κ2) is 29.6. The van der Waals surface area contributed by atoms with E-state index in [-0.39, 0.29) is 19.1 Å². The summed E-state index contributed by atoms with van der Waals surface area (Å²) in [4.78, 5) is 29.1. The van der Waals surface area contributed by atoms with Crippen LogP contribution < -0.4 is 0 Å². The first-order valence-electron chi connectivity index (χ1n) is 24.9. The van der Waals surface area contributed by atoms with Crippen LogP contribution >= 0.6 is 0 Å². The fourth-order valence-corrected chi connectivity index (χ4v) is 7.95. The van der Waals surface area contributed by atoms with Gasteiger partial charge in [-0.25, -0.2) is 14.5 Å². The molecule has 10 nitrogen and oxygen atoms in total. The molecule has 1 aliphatic heterocycles. The lowest BCUT2D eigenvalue weighted by atomic mass is 9.91. The molecule has 3 aromatic carbocycles. The van der Waals surface area contributed by atoms with E-state index in [0.29, 0.717) is 19.8 Å². The minimum absolute atomic E-state index is 0.0824. The Bertz CT molecular complexity index is 1750. The van der Waals surface area contributed by atoms with E-state index in [4.69, 9.17) is 33.2 Å². The number of ether oxygens (including phenoxy) is 7. The highest BCUT2D eigenvalue weighted by Crippen LogP contribution is 2.33. The van der Waals surface area contributed by atoms with E-state index in [9.17, 15) is 9.59 Å². The molecule has 6 atom stereocenters. The summed E-state index contributed by atoms with van der Waals surface area (Å²) in [5, 5.41) is 0. The van der Waals surface area contributed by atoms with Crippen LogP contribution in [0.5, 0.6) is 0 Å². The van der Waals surface area contributed by atoms with Crippen molar-refractivity contribution in [2.75, 3.05) is 13.2 Å². The normalized spacial score (nSPS) is 19.4. The summed E-state index contributed by atoms with van der Waals surface area (Å²) >= 11 is 0. The maximum Gasteiger partial charge on any atom is 0.420 e. The van der Waals surface area contributed by atoms with Gasteiger partial charge in [0.25, 0.3) is 0 Å². The summed E-state index contributed by atoms with van der Waals surface area (Å²) in [7, 11) is 0. The number of hydrogen-bond acceptors (Lipinski definition) is 9. The smallest absolute Gasteiger partial charge is 0.420 e. The monoisotopic (exact) mass is 914 g/mol. The number of amides is 2. The number of unbranched alkanes of at least 4 members (excludes halogenated alkanes) is 12. The minimum atomic E-state index is -0.869. The average Bonchev–Trinajstić information content (AvgIpc) is 3.27. The van der Waals surface area contributed by atoms with E-state index < -0.39 is 54.0 Å². The van der Waals surface area contributed by atoms with Gasteiger partial charge < -0.3 is 33.2 Å². The maximum absolute atomic E-state index is 14.0. The standard InChI is InChI=1S/C56H83NO9/c1-9-10-11-12-13-14-15-16-17-18-19-20-21-31-38-48(57(53(58)65-55(3,4)5)54(59)66-56(6,7)8)42-63-52-44(2)50(61-40-46-34-27-23-28-35-46)51(62-41-47-36-29-24-30-37-47)49(64-52)43-60-39-45-32-25-22-26-33-45/h22-38,44,48-52H,9-21,39-43H2,1-8H3/b38-31-/t44-,48-,49?,50-,51-,52+/m1/s1. The Kier molecular flexibility index (Phi) is 24.5. The van der Waals surface area contributed by atoms with Crippen molar-refractivity contribution >= 4 is 12.2 Å². The largest absolute Gasteiger partial charge is 0.443 e. The predicted molar refractivity (Wildman–Crippen MR) is 263 cm³/mol. The number of rotatable bonds is 28. The summed E-state index contributed by atoms with van der Waals surface area (Å²) in [5.74, 6) is -0.345. The Hall–Kier alpha value is -4.06. The quantitative estimate of drug-likeness (QED) is 0.0520. The topological polar surface area (TPSA) is 102 Å². The van der Waals surface area contributed by atoms with Gasteiger partial charge in [0.05, 0.1) is 45.2 Å². The number of carbonyl (C=O) groups is 2. The fourth-order valence-electron chi connectivity index (χ4n) is 7.95. The number of hydrogen-bond donors (Lipinski definition) is 0. The lowest BCUT2D eigenvalue weighted by molar-refractivity contribution is -0.303. The number of benzene rings is 3. The summed E-state index contributed by atoms with van der Waals surface area (Å²) < 4.78 is 45.1. The zero-order valence-electron chi connectivity index (χ0n) is 41.6. The van der Waals surface area contributed by atoms with Gasteiger partial charge in [0.15, 0.2) is 6.29 Å². The summed E-state index contributed by atoms with van der Waals surface area (Å²) in [6.07, 6.45) is 15.8. The first kappa shape index (κ1) is 54.5. The molecule has 0 bridgehead atoms. The van der Waals surface area contributed by atoms with Gasteiger partial charge in [0.2, 0.25) is 0 Å². The van der Waals surface area contributed by atoms with Gasteiger partial charge in [-0.15, -0.1) is 0 Å². The van der Waals surface area contributed by atoms with Gasteiger partial charge in [-0.2, -0.15) is 0 Å². The molecule has 0 radical (unpaired) electrons. The molecular weight excluding hydrogens is 831 g/mol. The first-order valence-corrected chi connectivity index (χ1v) is 24.9. The van der Waals surface area contributed by atoms with Crippen molar-refractivity contribution < 1.29 is 42.7 Å². The van der Waals surface area contributed by atoms with E-state index in [1.807, 2.05) is 110 Å². The SMILES string of the molecule is CCCCCCCCCCCCCC/C=C\[C@H](CO[C@H]1OC(COCc2ccccc2)[C@@H](OCc2ccccc2)[C@H](OCc2ccccc2)[C@H]1C)N(C(=O)OC(C)(C)C)C(=O)OC(C)(C)C. The van der Waals surface area contributed by atoms with Crippen LogP contribution in [0.2, 0.25) is 0 Å². The van der Waals surface area contributed by atoms with Crippen LogP contribution in [-0.2, 0) is 53.0 Å². The van der Waals surface area contributed by atoms with Crippen LogP contribution in [0.15, 0.2) is 103 Å². The lowest BCUT2D eigenvalue weighted by Crippen LogP contribution is -2.58. The number of allylic oxidation sites excluding steroid dienone is 1. The van der Waals surface area contributed by atoms with E-state index in [2.05, 4.69) is 6.92 Å². The van der Waals surface area contributed by atoms with Gasteiger partial charge in [-0.05, 0) is 71.1 Å². The van der Waals surface area contributed by atoms with Crippen LogP contribution in [0, 0.1) is 5.92 Å². The van der Waals surface area contributed by atoms with Crippen molar-refractivity contribution in [1.82, 2.24) is 4.90 Å². The third kappa shape index (κ3) is 21.3. The van der Waals surface area contributed by atoms with Gasteiger partial charge in [-0.3, -0.25) is 0 Å². The Labute approximate surface area is 398 Å². The summed E-state index contributed by atoms with van der Waals surface area (Å²) in [5.41, 5.74) is 1.35. The molecule has 10 heteroatoms. The molecule has 1 aliphatic rings. The van der Waals surface area contributed by atoms with Crippen molar-refractivity contribution in [3.63, 3.8) is 0 Å². The number of carbonyl (C=O) groups excluding carboxylic acids is 2. The minimum Gasteiger partial charge on any atom is -0.443 e. The second-order valence-corrected chi connectivity index (χ2v) is 19.8. The van der Waals surface area contributed by atoms with Gasteiger partial charge in [0.1, 0.15) is 23.4 Å². The van der Waals surface area contributed by atoms with Crippen LogP contribution in [0.4, 0.5) is 9.59 Å². The second-order valence-electron chi connectivity index (χ2n) is 19.8. The van der Waals surface area contributed by atoms with E-state index in [1.165, 1.54) is 64.2 Å². The molecule has 4 rings (SSSR count). The Morgan fingerprint density at radius 3 is 1.52 bits per heavy atom. The molecule has 1 unspecified atom stereocenters. The predicted octanol–water partition coefficient (Wildman–Crippen LogP) is 13.9. The molecule has 2 amide bonds. The molecule has 1 saturated heterocycles. The van der Waals surface area contributed by atoms with E-state index in [1.54, 1.807) is 41.5 Å².